The molecule has 1 N–H and O–H groups in total. The van der Waals surface area contributed by atoms with Crippen LogP contribution in [-0.4, -0.2) is 45.2 Å². The summed E-state index contributed by atoms with van der Waals surface area (Å²) in [5.41, 5.74) is 2.90. The van der Waals surface area contributed by atoms with Gasteiger partial charge in [0, 0.05) is 31.0 Å². The van der Waals surface area contributed by atoms with Crippen molar-refractivity contribution in [2.75, 3.05) is 24.6 Å². The Morgan fingerprint density at radius 3 is 3.14 bits per heavy atom. The van der Waals surface area contributed by atoms with Gasteiger partial charge >= 0.3 is 0 Å². The number of fused-ring (bicyclic) bond motifs is 5. The van der Waals surface area contributed by atoms with Crippen LogP contribution in [0.3, 0.4) is 0 Å². The quantitative estimate of drug-likeness (QED) is 0.646. The van der Waals surface area contributed by atoms with Gasteiger partial charge in [-0.15, -0.1) is 0 Å². The van der Waals surface area contributed by atoms with Gasteiger partial charge in [0.15, 0.2) is 5.65 Å². The van der Waals surface area contributed by atoms with Crippen LogP contribution in [0.25, 0.3) is 5.65 Å². The van der Waals surface area contributed by atoms with Crippen LogP contribution in [0.5, 0.6) is 5.88 Å². The smallest absolute Gasteiger partial charge is 0.257 e. The Balaban J connectivity index is 1.66. The number of carbonyl (C=O) groups is 1. The lowest BCUT2D eigenvalue weighted by Crippen LogP contribution is -2.28. The van der Waals surface area contributed by atoms with E-state index in [0.717, 1.165) is 30.8 Å². The average molecular weight is 378 g/mol. The second-order valence-electron chi connectivity index (χ2n) is 7.22. The molecule has 8 nitrogen and oxygen atoms in total. The maximum Gasteiger partial charge on any atom is 0.257 e. The summed E-state index contributed by atoms with van der Waals surface area (Å²) in [6.07, 6.45) is 6.42. The summed E-state index contributed by atoms with van der Waals surface area (Å²) < 4.78 is 7.66. The van der Waals surface area contributed by atoms with Crippen molar-refractivity contribution in [1.29, 1.82) is 0 Å². The predicted molar refractivity (Wildman–Crippen MR) is 104 cm³/mol. The largest absolute Gasteiger partial charge is 0.477 e. The Kier molecular flexibility index (Phi) is 4.11. The number of nitrogens with zero attached hydrogens (tertiary/aromatic N) is 5. The maximum absolute atomic E-state index is 12.7. The number of nitrogens with one attached hydrogen (secondary N) is 1. The van der Waals surface area contributed by atoms with Gasteiger partial charge in [-0.1, -0.05) is 6.07 Å². The minimum Gasteiger partial charge on any atom is -0.477 e. The van der Waals surface area contributed by atoms with Gasteiger partial charge in [-0.3, -0.25) is 4.79 Å². The number of hydrogen-bond donors (Lipinski definition) is 1. The molecule has 8 heteroatoms. The van der Waals surface area contributed by atoms with Crippen LogP contribution in [0.15, 0.2) is 30.6 Å². The summed E-state index contributed by atoms with van der Waals surface area (Å²) in [4.78, 5) is 24.3. The third kappa shape index (κ3) is 2.76. The molecule has 5 heterocycles. The van der Waals surface area contributed by atoms with Crippen molar-refractivity contribution >= 4 is 17.4 Å². The molecule has 2 bridgehead atoms. The van der Waals surface area contributed by atoms with Gasteiger partial charge in [0.25, 0.3) is 5.91 Å². The number of anilines is 1. The number of pyridine rings is 1. The van der Waals surface area contributed by atoms with Crippen molar-refractivity contribution in [2.45, 2.75) is 32.2 Å². The molecule has 144 valence electrons. The Labute approximate surface area is 162 Å². The molecule has 0 aliphatic carbocycles. The molecule has 0 radical (unpaired) electrons. The number of aromatic nitrogens is 4. The van der Waals surface area contributed by atoms with Crippen LogP contribution in [-0.2, 0) is 0 Å². The number of aryl methyl sites for hydroxylation is 1. The van der Waals surface area contributed by atoms with Crippen molar-refractivity contribution in [2.24, 2.45) is 0 Å². The van der Waals surface area contributed by atoms with E-state index in [9.17, 15) is 4.79 Å². The lowest BCUT2D eigenvalue weighted by atomic mass is 10.1. The van der Waals surface area contributed by atoms with Crippen molar-refractivity contribution in [3.63, 3.8) is 0 Å². The molecule has 0 unspecified atom stereocenters. The Morgan fingerprint density at radius 2 is 2.21 bits per heavy atom. The van der Waals surface area contributed by atoms with Crippen molar-refractivity contribution in [3.05, 3.63) is 47.4 Å². The molecule has 28 heavy (non-hydrogen) atoms. The first-order chi connectivity index (χ1) is 13.7. The number of carbonyl (C=O) groups excluding carboxylic acids is 1. The van der Waals surface area contributed by atoms with E-state index in [0.29, 0.717) is 42.4 Å². The summed E-state index contributed by atoms with van der Waals surface area (Å²) in [7, 11) is 0. The minimum absolute atomic E-state index is 0.147. The first-order valence-corrected chi connectivity index (χ1v) is 9.71. The molecule has 3 aromatic rings. The fourth-order valence-corrected chi connectivity index (χ4v) is 4.13. The lowest BCUT2D eigenvalue weighted by Gasteiger charge is -2.27. The molecule has 1 amide bonds. The highest BCUT2D eigenvalue weighted by molar-refractivity contribution is 6.01. The number of amides is 1. The van der Waals surface area contributed by atoms with Crippen LogP contribution in [0.1, 0.15) is 46.9 Å². The third-order valence-corrected chi connectivity index (χ3v) is 5.42. The van der Waals surface area contributed by atoms with E-state index in [1.165, 1.54) is 0 Å². The van der Waals surface area contributed by atoms with E-state index in [-0.39, 0.29) is 11.9 Å². The van der Waals surface area contributed by atoms with Crippen LogP contribution in [0.4, 0.5) is 5.82 Å². The normalized spacial score (nSPS) is 19.7. The molecule has 2 aliphatic rings. The Bertz CT molecular complexity index is 1050. The zero-order valence-electron chi connectivity index (χ0n) is 15.8. The van der Waals surface area contributed by atoms with Gasteiger partial charge in [-0.25, -0.2) is 14.5 Å². The monoisotopic (exact) mass is 378 g/mol. The van der Waals surface area contributed by atoms with Crippen molar-refractivity contribution in [1.82, 2.24) is 24.9 Å². The molecule has 0 saturated carbocycles. The molecule has 1 saturated heterocycles. The maximum atomic E-state index is 12.7. The third-order valence-electron chi connectivity index (χ3n) is 5.42. The molecule has 2 aliphatic heterocycles. The zero-order chi connectivity index (χ0) is 19.1. The highest BCUT2D eigenvalue weighted by Gasteiger charge is 2.31. The molecule has 1 fully saturated rings. The highest BCUT2D eigenvalue weighted by atomic mass is 16.5. The van der Waals surface area contributed by atoms with E-state index in [1.54, 1.807) is 10.7 Å². The minimum atomic E-state index is -0.147. The van der Waals surface area contributed by atoms with Crippen LogP contribution in [0.2, 0.25) is 0 Å². The lowest BCUT2D eigenvalue weighted by molar-refractivity contribution is 0.0952. The summed E-state index contributed by atoms with van der Waals surface area (Å²) in [5.74, 6) is 1.37. The van der Waals surface area contributed by atoms with E-state index in [4.69, 9.17) is 9.72 Å². The first kappa shape index (κ1) is 17.0. The molecular formula is C20H22N6O2. The van der Waals surface area contributed by atoms with Gasteiger partial charge in [0.05, 0.1) is 18.3 Å². The standard InChI is InChI=1S/C20H22N6O2/c1-13-17-18-23-16(7-11-26(18)24-13)25-10-3-6-15(25)14-5-2-8-22-20(14)28-12-4-9-21-19(17)27/h2,5,7-8,11,15H,3-4,6,9-10,12H2,1H3,(H,21,27)/t15-/m1/s1. The fourth-order valence-electron chi connectivity index (χ4n) is 4.13. The number of ether oxygens (including phenoxy) is 1. The van der Waals surface area contributed by atoms with Gasteiger partial charge in [0.2, 0.25) is 5.88 Å². The topological polar surface area (TPSA) is 84.7 Å². The highest BCUT2D eigenvalue weighted by Crippen LogP contribution is 2.38. The number of hydrogen-bond acceptors (Lipinski definition) is 6. The molecule has 0 spiro atoms. The number of rotatable bonds is 0. The summed E-state index contributed by atoms with van der Waals surface area (Å²) >= 11 is 0. The van der Waals surface area contributed by atoms with E-state index in [2.05, 4.69) is 26.4 Å². The first-order valence-electron chi connectivity index (χ1n) is 9.71. The molecule has 5 rings (SSSR count). The Morgan fingerprint density at radius 1 is 1.29 bits per heavy atom. The van der Waals surface area contributed by atoms with E-state index < -0.39 is 0 Å². The summed E-state index contributed by atoms with van der Waals surface area (Å²) in [6, 6.07) is 6.16. The van der Waals surface area contributed by atoms with Crippen molar-refractivity contribution in [3.8, 4) is 5.88 Å². The van der Waals surface area contributed by atoms with Crippen molar-refractivity contribution < 1.29 is 9.53 Å². The fraction of sp³-hybridized carbons (Fsp3) is 0.400. The van der Waals surface area contributed by atoms with Gasteiger partial charge in [-0.2, -0.15) is 5.10 Å². The predicted octanol–water partition coefficient (Wildman–Crippen LogP) is 2.29. The molecular weight excluding hydrogens is 356 g/mol. The molecule has 0 aromatic carbocycles. The Hall–Kier alpha value is -3.16. The average Bonchev–Trinajstić information content (AvgIpc) is 3.30. The SMILES string of the molecule is Cc1nn2ccc3nc2c1C(=O)NCCCOc1ncccc1[C@H]1CCCN31. The molecule has 3 aromatic heterocycles. The van der Waals surface area contributed by atoms with Crippen LogP contribution >= 0.6 is 0 Å². The van der Waals surface area contributed by atoms with Crippen LogP contribution in [0, 0.1) is 6.92 Å². The van der Waals surface area contributed by atoms with E-state index in [1.807, 2.05) is 25.3 Å². The van der Waals surface area contributed by atoms with Gasteiger partial charge in [0.1, 0.15) is 11.4 Å². The summed E-state index contributed by atoms with van der Waals surface area (Å²) in [6.45, 7) is 3.77. The molecule has 1 atom stereocenters. The van der Waals surface area contributed by atoms with Crippen LogP contribution < -0.4 is 15.0 Å². The van der Waals surface area contributed by atoms with Gasteiger partial charge in [-0.05, 0) is 38.3 Å². The second kappa shape index (κ2) is 6.78. The zero-order valence-corrected chi connectivity index (χ0v) is 15.8. The van der Waals surface area contributed by atoms with E-state index >= 15 is 0 Å². The summed E-state index contributed by atoms with van der Waals surface area (Å²) in [5, 5.41) is 7.41. The van der Waals surface area contributed by atoms with Gasteiger partial charge < -0.3 is 15.0 Å². The second-order valence-corrected chi connectivity index (χ2v) is 7.22.